The van der Waals surface area contributed by atoms with Crippen LogP contribution in [0.5, 0.6) is 11.5 Å². The number of methoxy groups -OCH3 is 1. The van der Waals surface area contributed by atoms with Crippen molar-refractivity contribution in [1.82, 2.24) is 19.9 Å². The molecule has 0 saturated carbocycles. The van der Waals surface area contributed by atoms with Crippen molar-refractivity contribution in [2.45, 2.75) is 25.0 Å². The van der Waals surface area contributed by atoms with Gasteiger partial charge in [0.25, 0.3) is 0 Å². The second kappa shape index (κ2) is 6.77. The summed E-state index contributed by atoms with van der Waals surface area (Å²) in [7, 11) is 1.32. The molecule has 0 N–H and O–H groups in total. The van der Waals surface area contributed by atoms with Gasteiger partial charge in [0.05, 0.1) is 12.6 Å². The Morgan fingerprint density at radius 3 is 2.90 bits per heavy atom. The number of hydrogen-bond donors (Lipinski definition) is 0. The minimum absolute atomic E-state index is 0.142. The molecule has 0 radical (unpaired) electrons. The lowest BCUT2D eigenvalue weighted by Gasteiger charge is -2.32. The first-order chi connectivity index (χ1) is 14.2. The van der Waals surface area contributed by atoms with Crippen LogP contribution in [0.2, 0.25) is 0 Å². The molecule has 2 aliphatic heterocycles. The molecule has 3 heterocycles. The van der Waals surface area contributed by atoms with E-state index in [1.54, 1.807) is 10.7 Å². The van der Waals surface area contributed by atoms with Crippen LogP contribution in [0.4, 0.5) is 0 Å². The number of likely N-dealkylation sites (tertiary alicyclic amines) is 1. The van der Waals surface area contributed by atoms with Crippen molar-refractivity contribution in [3.63, 3.8) is 0 Å². The lowest BCUT2D eigenvalue weighted by atomic mass is 10.1. The van der Waals surface area contributed by atoms with E-state index in [1.807, 2.05) is 36.4 Å². The topological polar surface area (TPSA) is 95.8 Å². The van der Waals surface area contributed by atoms with Gasteiger partial charge in [0.1, 0.15) is 11.6 Å². The first-order valence-electron chi connectivity index (χ1n) is 9.26. The Kier molecular flexibility index (Phi) is 4.08. The van der Waals surface area contributed by atoms with Crippen molar-refractivity contribution >= 4 is 22.9 Å². The van der Waals surface area contributed by atoms with Gasteiger partial charge in [0.2, 0.25) is 12.7 Å². The molecule has 1 amide bonds. The Bertz CT molecular complexity index is 1110. The highest BCUT2D eigenvalue weighted by atomic mass is 16.7. The van der Waals surface area contributed by atoms with Crippen molar-refractivity contribution in [3.8, 4) is 11.5 Å². The number of fused-ring (bicyclic) bond motifs is 2. The smallest absolute Gasteiger partial charge is 0.328 e. The van der Waals surface area contributed by atoms with Crippen molar-refractivity contribution in [1.29, 1.82) is 0 Å². The summed E-state index contributed by atoms with van der Waals surface area (Å²) in [6.45, 7) is 0.142. The second-order valence-electron chi connectivity index (χ2n) is 6.89. The van der Waals surface area contributed by atoms with Crippen molar-refractivity contribution < 1.29 is 23.8 Å². The maximum atomic E-state index is 12.9. The van der Waals surface area contributed by atoms with Gasteiger partial charge >= 0.3 is 5.97 Å². The fourth-order valence-electron chi connectivity index (χ4n) is 3.94. The summed E-state index contributed by atoms with van der Waals surface area (Å²) in [5.74, 6) is 0.611. The zero-order valence-corrected chi connectivity index (χ0v) is 15.6. The minimum atomic E-state index is -0.703. The molecule has 5 rings (SSSR count). The number of benzene rings is 2. The molecule has 0 aliphatic carbocycles. The molecule has 148 valence electrons. The van der Waals surface area contributed by atoms with Crippen LogP contribution in [0.15, 0.2) is 42.5 Å². The quantitative estimate of drug-likeness (QED) is 0.623. The van der Waals surface area contributed by atoms with E-state index < -0.39 is 18.2 Å². The van der Waals surface area contributed by atoms with Crippen LogP contribution in [-0.4, -0.2) is 51.7 Å². The predicted octanol–water partition coefficient (Wildman–Crippen LogP) is 1.87. The molecule has 9 nitrogen and oxygen atoms in total. The summed E-state index contributed by atoms with van der Waals surface area (Å²) in [4.78, 5) is 26.8. The van der Waals surface area contributed by atoms with E-state index in [4.69, 9.17) is 14.2 Å². The zero-order valence-electron chi connectivity index (χ0n) is 15.6. The Hall–Kier alpha value is -3.62. The molecule has 2 atom stereocenters. The fraction of sp³-hybridized carbons (Fsp3) is 0.300. The molecule has 0 bridgehead atoms. The zero-order chi connectivity index (χ0) is 20.0. The standard InChI is InChI=1S/C20H18N4O5/c1-27-20(26)15-7-9-18(25)23(15)19(12-6-8-16-17(10-12)29-11-28-16)24-14-5-3-2-4-13(14)21-22-24/h2-6,8,10,15,19H,7,9,11H2,1H3/t15-,19+/m0/s1. The number of para-hydroxylation sites is 1. The molecule has 0 unspecified atom stereocenters. The van der Waals surface area contributed by atoms with Gasteiger partial charge in [-0.3, -0.25) is 4.79 Å². The molecule has 3 aromatic rings. The number of esters is 1. The predicted molar refractivity (Wildman–Crippen MR) is 100 cm³/mol. The summed E-state index contributed by atoms with van der Waals surface area (Å²) in [5, 5.41) is 8.54. The Balaban J connectivity index is 1.69. The van der Waals surface area contributed by atoms with Gasteiger partial charge < -0.3 is 19.1 Å². The SMILES string of the molecule is COC(=O)[C@@H]1CCC(=O)N1[C@@H](c1ccc2c(c1)OCO2)n1nnc2ccccc21. The number of aromatic nitrogens is 3. The Morgan fingerprint density at radius 1 is 1.21 bits per heavy atom. The third-order valence-corrected chi connectivity index (χ3v) is 5.30. The van der Waals surface area contributed by atoms with Crippen LogP contribution < -0.4 is 9.47 Å². The molecule has 2 aliphatic rings. The molecule has 9 heteroatoms. The third-order valence-electron chi connectivity index (χ3n) is 5.30. The largest absolute Gasteiger partial charge is 0.467 e. The first-order valence-corrected chi connectivity index (χ1v) is 9.26. The normalized spacial score (nSPS) is 19.0. The number of rotatable bonds is 4. The lowest BCUT2D eigenvalue weighted by Crippen LogP contribution is -2.44. The van der Waals surface area contributed by atoms with Gasteiger partial charge in [-0.05, 0) is 30.7 Å². The second-order valence-corrected chi connectivity index (χ2v) is 6.89. The van der Waals surface area contributed by atoms with Crippen LogP contribution >= 0.6 is 0 Å². The van der Waals surface area contributed by atoms with Crippen LogP contribution in [0, 0.1) is 0 Å². The average Bonchev–Trinajstić information content (AvgIpc) is 3.47. The molecule has 1 aromatic heterocycles. The van der Waals surface area contributed by atoms with E-state index in [2.05, 4.69) is 10.3 Å². The highest BCUT2D eigenvalue weighted by Crippen LogP contribution is 2.39. The number of hydrogen-bond acceptors (Lipinski definition) is 7. The molecule has 0 spiro atoms. The molecule has 29 heavy (non-hydrogen) atoms. The Morgan fingerprint density at radius 2 is 2.03 bits per heavy atom. The number of ether oxygens (including phenoxy) is 3. The minimum Gasteiger partial charge on any atom is -0.467 e. The summed E-state index contributed by atoms with van der Waals surface area (Å²) in [5.41, 5.74) is 2.17. The van der Waals surface area contributed by atoms with E-state index in [9.17, 15) is 9.59 Å². The Labute approximate surface area is 165 Å². The van der Waals surface area contributed by atoms with E-state index >= 15 is 0 Å². The van der Waals surface area contributed by atoms with Crippen LogP contribution in [-0.2, 0) is 14.3 Å². The number of carbonyl (C=O) groups excluding carboxylic acids is 2. The van der Waals surface area contributed by atoms with Gasteiger partial charge in [-0.15, -0.1) is 5.10 Å². The highest BCUT2D eigenvalue weighted by molar-refractivity contribution is 5.88. The average molecular weight is 394 g/mol. The van der Waals surface area contributed by atoms with E-state index in [0.29, 0.717) is 23.4 Å². The monoisotopic (exact) mass is 394 g/mol. The van der Waals surface area contributed by atoms with Gasteiger partial charge in [0, 0.05) is 12.0 Å². The molecule has 2 aromatic carbocycles. The van der Waals surface area contributed by atoms with Crippen LogP contribution in [0.1, 0.15) is 24.6 Å². The summed E-state index contributed by atoms with van der Waals surface area (Å²) in [6.07, 6.45) is -0.0388. The number of carbonyl (C=O) groups is 2. The third kappa shape index (κ3) is 2.77. The molecule has 1 saturated heterocycles. The van der Waals surface area contributed by atoms with Crippen LogP contribution in [0.25, 0.3) is 11.0 Å². The molecular weight excluding hydrogens is 376 g/mol. The molecular formula is C20H18N4O5. The van der Waals surface area contributed by atoms with Gasteiger partial charge in [-0.25, -0.2) is 9.48 Å². The molecule has 1 fully saturated rings. The van der Waals surface area contributed by atoms with Crippen molar-refractivity contribution in [2.75, 3.05) is 13.9 Å². The fourth-order valence-corrected chi connectivity index (χ4v) is 3.94. The van der Waals surface area contributed by atoms with E-state index in [-0.39, 0.29) is 19.1 Å². The summed E-state index contributed by atoms with van der Waals surface area (Å²) in [6, 6.07) is 12.2. The number of nitrogens with zero attached hydrogens (tertiary/aromatic N) is 4. The summed E-state index contributed by atoms with van der Waals surface area (Å²) < 4.78 is 17.5. The van der Waals surface area contributed by atoms with Crippen molar-refractivity contribution in [3.05, 3.63) is 48.0 Å². The lowest BCUT2D eigenvalue weighted by molar-refractivity contribution is -0.151. The highest BCUT2D eigenvalue weighted by Gasteiger charge is 2.43. The van der Waals surface area contributed by atoms with Gasteiger partial charge in [-0.1, -0.05) is 23.4 Å². The maximum absolute atomic E-state index is 12.9. The number of amides is 1. The van der Waals surface area contributed by atoms with Crippen molar-refractivity contribution in [2.24, 2.45) is 0 Å². The van der Waals surface area contributed by atoms with E-state index in [0.717, 1.165) is 11.1 Å². The summed E-state index contributed by atoms with van der Waals surface area (Å²) >= 11 is 0. The maximum Gasteiger partial charge on any atom is 0.328 e. The van der Waals surface area contributed by atoms with Crippen LogP contribution in [0.3, 0.4) is 0 Å². The van der Waals surface area contributed by atoms with Gasteiger partial charge in [-0.2, -0.15) is 0 Å². The van der Waals surface area contributed by atoms with Gasteiger partial charge in [0.15, 0.2) is 17.7 Å². The first kappa shape index (κ1) is 17.5. The van der Waals surface area contributed by atoms with E-state index in [1.165, 1.54) is 12.0 Å².